The summed E-state index contributed by atoms with van der Waals surface area (Å²) in [6, 6.07) is 6.66. The molecule has 1 aromatic carbocycles. The molecule has 0 radical (unpaired) electrons. The minimum atomic E-state index is -0.384. The number of aryl methyl sites for hydroxylation is 1. The first-order valence-electron chi connectivity index (χ1n) is 11.9. The summed E-state index contributed by atoms with van der Waals surface area (Å²) in [5.41, 5.74) is 1.84. The van der Waals surface area contributed by atoms with Crippen molar-refractivity contribution in [3.8, 4) is 5.75 Å². The number of benzene rings is 1. The Morgan fingerprint density at radius 3 is 2.60 bits per heavy atom. The molecule has 3 aromatic rings. The number of nitrogens with one attached hydrogen (secondary N) is 2. The zero-order chi connectivity index (χ0) is 24.8. The molecule has 2 heterocycles. The Balaban J connectivity index is 1.52. The van der Waals surface area contributed by atoms with Gasteiger partial charge in [0.1, 0.15) is 10.8 Å². The Labute approximate surface area is 218 Å². The Morgan fingerprint density at radius 1 is 1.11 bits per heavy atom. The van der Waals surface area contributed by atoms with Gasteiger partial charge < -0.3 is 19.8 Å². The molecule has 0 saturated heterocycles. The number of thiophene rings is 1. The van der Waals surface area contributed by atoms with Gasteiger partial charge in [-0.05, 0) is 61.9 Å². The molecule has 0 atom stereocenters. The maximum absolute atomic E-state index is 13.2. The van der Waals surface area contributed by atoms with Crippen molar-refractivity contribution < 1.29 is 18.7 Å². The second kappa shape index (κ2) is 12.0. The third kappa shape index (κ3) is 6.21. The number of unbranched alkanes of at least 4 members (excludes halogenated alkanes) is 2. The second-order valence-electron chi connectivity index (χ2n) is 8.46. The number of carbonyl (C=O) groups is 2. The van der Waals surface area contributed by atoms with Crippen molar-refractivity contribution in [1.82, 2.24) is 5.32 Å². The first-order valence-corrected chi connectivity index (χ1v) is 13.4. The summed E-state index contributed by atoms with van der Waals surface area (Å²) in [4.78, 5) is 27.4. The zero-order valence-corrected chi connectivity index (χ0v) is 21.9. The first-order chi connectivity index (χ1) is 17.0. The molecular formula is C26H28Cl2N2O4S. The van der Waals surface area contributed by atoms with Crippen molar-refractivity contribution in [3.05, 3.63) is 67.9 Å². The maximum atomic E-state index is 13.2. The molecule has 0 unspecified atom stereocenters. The minimum absolute atomic E-state index is 0.233. The van der Waals surface area contributed by atoms with Gasteiger partial charge in [0.25, 0.3) is 11.8 Å². The van der Waals surface area contributed by atoms with Crippen LogP contribution in [0.2, 0.25) is 10.0 Å². The number of amides is 2. The standard InChI is InChI=1S/C26H28Cl2N2O4S/c1-2-3-6-11-34-23-19(27)13-16(14-20(23)28)24(31)30-26-22(18-9-4-5-10-21(18)35-26)25(32)29-15-17-8-7-12-33-17/h7-8,12-14H,2-6,9-11,15H2,1H3,(H,29,32)(H,30,31). The van der Waals surface area contributed by atoms with E-state index < -0.39 is 0 Å². The molecule has 186 valence electrons. The number of hydrogen-bond donors (Lipinski definition) is 2. The highest BCUT2D eigenvalue weighted by Gasteiger charge is 2.27. The number of anilines is 1. The summed E-state index contributed by atoms with van der Waals surface area (Å²) in [7, 11) is 0. The molecule has 2 aromatic heterocycles. The molecule has 0 saturated carbocycles. The van der Waals surface area contributed by atoms with E-state index in [0.717, 1.165) is 55.4 Å². The van der Waals surface area contributed by atoms with Gasteiger partial charge in [-0.1, -0.05) is 43.0 Å². The van der Waals surface area contributed by atoms with E-state index in [9.17, 15) is 9.59 Å². The van der Waals surface area contributed by atoms with E-state index in [2.05, 4.69) is 17.6 Å². The smallest absolute Gasteiger partial charge is 0.256 e. The van der Waals surface area contributed by atoms with Gasteiger partial charge in [-0.15, -0.1) is 11.3 Å². The Kier molecular flexibility index (Phi) is 8.76. The van der Waals surface area contributed by atoms with Gasteiger partial charge in [-0.3, -0.25) is 9.59 Å². The van der Waals surface area contributed by atoms with Gasteiger partial charge in [-0.2, -0.15) is 0 Å². The Hall–Kier alpha value is -2.48. The third-order valence-corrected chi connectivity index (χ3v) is 7.65. The van der Waals surface area contributed by atoms with Crippen molar-refractivity contribution in [3.63, 3.8) is 0 Å². The Bertz CT molecular complexity index is 1170. The van der Waals surface area contributed by atoms with E-state index >= 15 is 0 Å². The molecule has 1 aliphatic rings. The second-order valence-corrected chi connectivity index (χ2v) is 10.4. The van der Waals surface area contributed by atoms with E-state index in [1.807, 2.05) is 0 Å². The Morgan fingerprint density at radius 2 is 1.89 bits per heavy atom. The highest BCUT2D eigenvalue weighted by molar-refractivity contribution is 7.17. The van der Waals surface area contributed by atoms with Crippen LogP contribution in [-0.4, -0.2) is 18.4 Å². The van der Waals surface area contributed by atoms with E-state index in [1.54, 1.807) is 30.5 Å². The number of fused-ring (bicyclic) bond motifs is 1. The third-order valence-electron chi connectivity index (χ3n) is 5.88. The van der Waals surface area contributed by atoms with Gasteiger partial charge in [0.05, 0.1) is 35.0 Å². The topological polar surface area (TPSA) is 80.6 Å². The van der Waals surface area contributed by atoms with Crippen LogP contribution < -0.4 is 15.4 Å². The van der Waals surface area contributed by atoms with E-state index in [4.69, 9.17) is 32.4 Å². The van der Waals surface area contributed by atoms with Gasteiger partial charge >= 0.3 is 0 Å². The fourth-order valence-electron chi connectivity index (χ4n) is 4.09. The lowest BCUT2D eigenvalue weighted by Gasteiger charge is -2.13. The molecule has 2 N–H and O–H groups in total. The number of carbonyl (C=O) groups excluding carboxylic acids is 2. The SMILES string of the molecule is CCCCCOc1c(Cl)cc(C(=O)Nc2sc3c(c2C(=O)NCc2ccco2)CCCC3)cc1Cl. The summed E-state index contributed by atoms with van der Waals surface area (Å²) in [5, 5.41) is 6.93. The van der Waals surface area contributed by atoms with Gasteiger partial charge in [-0.25, -0.2) is 0 Å². The largest absolute Gasteiger partial charge is 0.490 e. The zero-order valence-electron chi connectivity index (χ0n) is 19.5. The van der Waals surface area contributed by atoms with Crippen LogP contribution in [-0.2, 0) is 19.4 Å². The predicted molar refractivity (Wildman–Crippen MR) is 140 cm³/mol. The average Bonchev–Trinajstić information content (AvgIpc) is 3.49. The molecule has 6 nitrogen and oxygen atoms in total. The van der Waals surface area contributed by atoms with Crippen molar-refractivity contribution in [2.45, 2.75) is 58.4 Å². The van der Waals surface area contributed by atoms with Crippen molar-refractivity contribution in [1.29, 1.82) is 0 Å². The summed E-state index contributed by atoms with van der Waals surface area (Å²) >= 11 is 14.2. The fourth-order valence-corrected chi connectivity index (χ4v) is 5.97. The molecule has 0 bridgehead atoms. The average molecular weight is 535 g/mol. The van der Waals surface area contributed by atoms with Crippen LogP contribution in [0.4, 0.5) is 5.00 Å². The number of ether oxygens (including phenoxy) is 1. The van der Waals surface area contributed by atoms with Crippen LogP contribution in [0, 0.1) is 0 Å². The number of furan rings is 1. The molecule has 0 spiro atoms. The number of halogens is 2. The lowest BCUT2D eigenvalue weighted by Crippen LogP contribution is -2.25. The quantitative estimate of drug-likeness (QED) is 0.268. The monoisotopic (exact) mass is 534 g/mol. The van der Waals surface area contributed by atoms with E-state index in [-0.39, 0.29) is 28.4 Å². The highest BCUT2D eigenvalue weighted by atomic mass is 35.5. The van der Waals surface area contributed by atoms with Gasteiger partial charge in [0.2, 0.25) is 0 Å². The van der Waals surface area contributed by atoms with Crippen LogP contribution in [0.3, 0.4) is 0 Å². The van der Waals surface area contributed by atoms with Gasteiger partial charge in [0.15, 0.2) is 5.75 Å². The molecule has 4 rings (SSSR count). The highest BCUT2D eigenvalue weighted by Crippen LogP contribution is 2.39. The molecule has 35 heavy (non-hydrogen) atoms. The number of hydrogen-bond acceptors (Lipinski definition) is 5. The summed E-state index contributed by atoms with van der Waals surface area (Å²) in [5.74, 6) is 0.424. The van der Waals surface area contributed by atoms with Crippen LogP contribution in [0.1, 0.15) is 75.9 Å². The predicted octanol–water partition coefficient (Wildman–Crippen LogP) is 7.28. The lowest BCUT2D eigenvalue weighted by molar-refractivity contribution is 0.0948. The van der Waals surface area contributed by atoms with Crippen LogP contribution in [0.25, 0.3) is 0 Å². The van der Waals surface area contributed by atoms with Crippen molar-refractivity contribution in [2.24, 2.45) is 0 Å². The molecule has 1 aliphatic carbocycles. The number of rotatable bonds is 10. The summed E-state index contributed by atoms with van der Waals surface area (Å²) < 4.78 is 11.0. The fraction of sp³-hybridized carbons (Fsp3) is 0.385. The first kappa shape index (κ1) is 25.6. The van der Waals surface area contributed by atoms with Crippen LogP contribution in [0.5, 0.6) is 5.75 Å². The molecular weight excluding hydrogens is 507 g/mol. The van der Waals surface area contributed by atoms with E-state index in [0.29, 0.717) is 34.2 Å². The van der Waals surface area contributed by atoms with Gasteiger partial charge in [0, 0.05) is 10.4 Å². The summed E-state index contributed by atoms with van der Waals surface area (Å²) in [6.07, 6.45) is 8.40. The lowest BCUT2D eigenvalue weighted by atomic mass is 9.95. The molecule has 0 aliphatic heterocycles. The van der Waals surface area contributed by atoms with E-state index in [1.165, 1.54) is 11.3 Å². The normalized spacial score (nSPS) is 12.8. The minimum Gasteiger partial charge on any atom is -0.490 e. The van der Waals surface area contributed by atoms with Crippen molar-refractivity contribution >= 4 is 51.4 Å². The van der Waals surface area contributed by atoms with Crippen molar-refractivity contribution in [2.75, 3.05) is 11.9 Å². The summed E-state index contributed by atoms with van der Waals surface area (Å²) in [6.45, 7) is 2.90. The maximum Gasteiger partial charge on any atom is 0.256 e. The van der Waals surface area contributed by atoms with Crippen LogP contribution >= 0.6 is 34.5 Å². The van der Waals surface area contributed by atoms with Crippen LogP contribution in [0.15, 0.2) is 34.9 Å². The molecule has 2 amide bonds. The molecule has 9 heteroatoms. The molecule has 0 fully saturated rings.